The van der Waals surface area contributed by atoms with Crippen molar-refractivity contribution in [2.24, 2.45) is 0 Å². The first-order chi connectivity index (χ1) is 17.2. The van der Waals surface area contributed by atoms with Crippen molar-refractivity contribution >= 4 is 0 Å². The molecule has 0 saturated carbocycles. The minimum Gasteiger partial charge on any atom is -0.394 e. The van der Waals surface area contributed by atoms with Crippen LogP contribution in [-0.4, -0.2) is 139 Å². The summed E-state index contributed by atoms with van der Waals surface area (Å²) in [6.45, 7) is 16.1. The molecule has 0 unspecified atom stereocenters. The summed E-state index contributed by atoms with van der Waals surface area (Å²) in [5.74, 6) is 0. The second-order valence-corrected chi connectivity index (χ2v) is 6.29. The summed E-state index contributed by atoms with van der Waals surface area (Å²) >= 11 is 0. The van der Waals surface area contributed by atoms with E-state index in [2.05, 4.69) is 6.92 Å². The van der Waals surface area contributed by atoms with Gasteiger partial charge in [-0.15, -0.1) is 0 Å². The topological polar surface area (TPSA) is 146 Å². The van der Waals surface area contributed by atoms with Crippen molar-refractivity contribution in [1.29, 1.82) is 0 Å². The molecule has 11 heteroatoms. The highest BCUT2D eigenvalue weighted by Gasteiger charge is 1.90. The van der Waals surface area contributed by atoms with E-state index in [1.165, 1.54) is 12.8 Å². The van der Waals surface area contributed by atoms with E-state index in [4.69, 9.17) is 53.6 Å². The third-order valence-electron chi connectivity index (χ3n) is 3.31. The maximum Gasteiger partial charge on any atom is 0.0701 e. The van der Waals surface area contributed by atoms with Crippen molar-refractivity contribution in [1.82, 2.24) is 0 Å². The van der Waals surface area contributed by atoms with Gasteiger partial charge in [-0.2, -0.15) is 0 Å². The first-order valence-electron chi connectivity index (χ1n) is 12.6. The van der Waals surface area contributed by atoms with Gasteiger partial charge in [0.1, 0.15) is 0 Å². The number of unbranched alkanes of at least 4 members (excludes halogenated alkanes) is 1. The molecule has 0 radical (unpaired) electrons. The molecule has 0 saturated heterocycles. The summed E-state index contributed by atoms with van der Waals surface area (Å²) in [6, 6.07) is 0. The van der Waals surface area contributed by atoms with E-state index in [9.17, 15) is 0 Å². The van der Waals surface area contributed by atoms with Gasteiger partial charge in [0.2, 0.25) is 0 Å². The largest absolute Gasteiger partial charge is 0.394 e. The molecule has 0 aliphatic heterocycles. The van der Waals surface area contributed by atoms with Crippen LogP contribution in [0.4, 0.5) is 0 Å². The number of rotatable bonds is 23. The molecular weight excluding hydrogens is 464 g/mol. The van der Waals surface area contributed by atoms with E-state index >= 15 is 0 Å². The average Bonchev–Trinajstić information content (AvgIpc) is 2.87. The zero-order valence-electron chi connectivity index (χ0n) is 22.8. The predicted molar refractivity (Wildman–Crippen MR) is 136 cm³/mol. The Morgan fingerprint density at radius 1 is 0.343 bits per heavy atom. The lowest BCUT2D eigenvalue weighted by Gasteiger charge is -2.04. The van der Waals surface area contributed by atoms with Gasteiger partial charge < -0.3 is 53.6 Å². The zero-order chi connectivity index (χ0) is 27.1. The molecule has 35 heavy (non-hydrogen) atoms. The highest BCUT2D eigenvalue weighted by molar-refractivity contribution is 4.33. The van der Waals surface area contributed by atoms with Crippen molar-refractivity contribution < 1.29 is 53.6 Å². The Bertz CT molecular complexity index is 264. The minimum atomic E-state index is 0.0413. The fourth-order valence-corrected chi connectivity index (χ4v) is 1.72. The average molecular weight is 521 g/mol. The van der Waals surface area contributed by atoms with Crippen LogP contribution >= 0.6 is 0 Å². The van der Waals surface area contributed by atoms with Gasteiger partial charge in [0.25, 0.3) is 0 Å². The van der Waals surface area contributed by atoms with Crippen LogP contribution in [0.3, 0.4) is 0 Å². The van der Waals surface area contributed by atoms with Gasteiger partial charge in [0.05, 0.1) is 92.5 Å². The fraction of sp³-hybridized carbons (Fsp3) is 1.00. The third kappa shape index (κ3) is 65.7. The summed E-state index contributed by atoms with van der Waals surface area (Å²) in [7, 11) is 0. The Morgan fingerprint density at radius 3 is 0.829 bits per heavy atom. The number of hydrogen-bond acceptors (Lipinski definition) is 11. The van der Waals surface area contributed by atoms with Crippen LogP contribution in [0.1, 0.15) is 40.5 Å². The summed E-state index contributed by atoms with van der Waals surface area (Å²) in [5.41, 5.74) is 0. The molecule has 0 aliphatic rings. The van der Waals surface area contributed by atoms with Crippen molar-refractivity contribution in [3.63, 3.8) is 0 Å². The molecule has 0 aromatic rings. The smallest absolute Gasteiger partial charge is 0.0701 e. The van der Waals surface area contributed by atoms with E-state index in [0.29, 0.717) is 66.1 Å². The zero-order valence-corrected chi connectivity index (χ0v) is 22.8. The summed E-state index contributed by atoms with van der Waals surface area (Å²) < 4.78 is 34.7. The van der Waals surface area contributed by atoms with Crippen LogP contribution in [0, 0.1) is 0 Å². The molecule has 0 aromatic heterocycles. The molecule has 4 N–H and O–H groups in total. The van der Waals surface area contributed by atoms with Crippen LogP contribution in [0.5, 0.6) is 0 Å². The van der Waals surface area contributed by atoms with Gasteiger partial charge >= 0.3 is 0 Å². The first-order valence-corrected chi connectivity index (χ1v) is 12.6. The SMILES string of the molecule is CCCCOCC.CCOCC.OCCOCCOCCO.OCCOCCOCCOCCO. The molecule has 11 nitrogen and oxygen atoms in total. The molecule has 0 fully saturated rings. The monoisotopic (exact) mass is 520 g/mol. The predicted octanol–water partition coefficient (Wildman–Crippen LogP) is 0.891. The summed E-state index contributed by atoms with van der Waals surface area (Å²) in [5, 5.41) is 33.2. The molecule has 0 aliphatic carbocycles. The van der Waals surface area contributed by atoms with Gasteiger partial charge in [-0.25, -0.2) is 0 Å². The minimum absolute atomic E-state index is 0.0413. The maximum atomic E-state index is 8.36. The van der Waals surface area contributed by atoms with E-state index < -0.39 is 0 Å². The van der Waals surface area contributed by atoms with Crippen LogP contribution in [0.2, 0.25) is 0 Å². The van der Waals surface area contributed by atoms with Crippen LogP contribution in [0.15, 0.2) is 0 Å². The van der Waals surface area contributed by atoms with E-state index in [0.717, 1.165) is 26.4 Å². The lowest BCUT2D eigenvalue weighted by molar-refractivity contribution is 0.00230. The summed E-state index contributed by atoms with van der Waals surface area (Å²) in [6.07, 6.45) is 2.44. The third-order valence-corrected chi connectivity index (χ3v) is 3.31. The van der Waals surface area contributed by atoms with Crippen LogP contribution in [-0.2, 0) is 33.2 Å². The van der Waals surface area contributed by atoms with Crippen LogP contribution < -0.4 is 0 Å². The highest BCUT2D eigenvalue weighted by atomic mass is 16.5. The molecule has 0 rings (SSSR count). The molecule has 0 aromatic carbocycles. The van der Waals surface area contributed by atoms with Crippen molar-refractivity contribution in [2.75, 3.05) is 119 Å². The van der Waals surface area contributed by atoms with Gasteiger partial charge in [0.15, 0.2) is 0 Å². The van der Waals surface area contributed by atoms with E-state index in [-0.39, 0.29) is 26.4 Å². The molecule has 0 amide bonds. The second kappa shape index (κ2) is 50.4. The Balaban J connectivity index is -0.000000194. The highest BCUT2D eigenvalue weighted by Crippen LogP contribution is 1.85. The quantitative estimate of drug-likeness (QED) is 0.143. The van der Waals surface area contributed by atoms with Gasteiger partial charge in [-0.05, 0) is 27.2 Å². The molecule has 0 heterocycles. The molecular formula is C24H56O11. The Morgan fingerprint density at radius 2 is 0.629 bits per heavy atom. The number of aliphatic hydroxyl groups excluding tert-OH is 4. The van der Waals surface area contributed by atoms with Crippen LogP contribution in [0.25, 0.3) is 0 Å². The molecule has 0 atom stereocenters. The van der Waals surface area contributed by atoms with E-state index in [1.807, 2.05) is 20.8 Å². The number of aliphatic hydroxyl groups is 4. The van der Waals surface area contributed by atoms with Gasteiger partial charge in [0, 0.05) is 26.4 Å². The van der Waals surface area contributed by atoms with Crippen molar-refractivity contribution in [3.05, 3.63) is 0 Å². The second-order valence-electron chi connectivity index (χ2n) is 6.29. The Hall–Kier alpha value is -0.440. The maximum absolute atomic E-state index is 8.36. The molecule has 0 spiro atoms. The van der Waals surface area contributed by atoms with Gasteiger partial charge in [-0.3, -0.25) is 0 Å². The normalized spacial score (nSPS) is 9.94. The Labute approximate surface area is 213 Å². The lowest BCUT2D eigenvalue weighted by atomic mass is 10.4. The standard InChI is InChI=1S/C8H18O5.C6H14O4.C6H14O.C4H10O/c9-1-3-11-5-7-13-8-6-12-4-2-10;7-1-3-9-5-6-10-4-2-8;1-3-5-6-7-4-2;1-3-5-4-2/h9-10H,1-8H2;7-8H,1-6H2;3-6H2,1-2H3;3-4H2,1-2H3. The molecule has 0 bridgehead atoms. The lowest BCUT2D eigenvalue weighted by Crippen LogP contribution is -2.11. The summed E-state index contributed by atoms with van der Waals surface area (Å²) in [4.78, 5) is 0. The number of ether oxygens (including phenoxy) is 7. The van der Waals surface area contributed by atoms with Gasteiger partial charge in [-0.1, -0.05) is 13.3 Å². The van der Waals surface area contributed by atoms with E-state index in [1.54, 1.807) is 0 Å². The van der Waals surface area contributed by atoms with Crippen molar-refractivity contribution in [2.45, 2.75) is 40.5 Å². The Kier molecular flexibility index (Phi) is 60.1. The first kappa shape index (κ1) is 41.7. The fourth-order valence-electron chi connectivity index (χ4n) is 1.72. The molecule has 218 valence electrons. The van der Waals surface area contributed by atoms with Crippen molar-refractivity contribution in [3.8, 4) is 0 Å². The number of hydrogen-bond donors (Lipinski definition) is 4.